The minimum Gasteiger partial charge on any atom is -0.507 e. The summed E-state index contributed by atoms with van der Waals surface area (Å²) in [5.74, 6) is -1.08. The molecule has 2 aromatic rings. The maximum absolute atomic E-state index is 12.7. The Morgan fingerprint density at radius 1 is 1.21 bits per heavy atom. The van der Waals surface area contributed by atoms with E-state index < -0.39 is 35.0 Å². The lowest BCUT2D eigenvalue weighted by atomic mass is 9.71. The summed E-state index contributed by atoms with van der Waals surface area (Å²) >= 11 is 0. The molecule has 0 radical (unpaired) electrons. The summed E-state index contributed by atoms with van der Waals surface area (Å²) in [7, 11) is 2.77. The van der Waals surface area contributed by atoms with E-state index in [0.29, 0.717) is 0 Å². The molecular formula is C19H20O9. The predicted octanol–water partition coefficient (Wildman–Crippen LogP) is 0.636. The molecule has 1 aliphatic carbocycles. The molecule has 4 atom stereocenters. The summed E-state index contributed by atoms with van der Waals surface area (Å²) in [6.07, 6.45) is -2.49. The number of rotatable bonds is 2. The van der Waals surface area contributed by atoms with Crippen molar-refractivity contribution in [2.24, 2.45) is 0 Å². The molecule has 1 fully saturated rings. The molecule has 0 saturated carbocycles. The molecule has 1 spiro atoms. The van der Waals surface area contributed by atoms with Crippen LogP contribution in [0.15, 0.2) is 21.3 Å². The van der Waals surface area contributed by atoms with Crippen LogP contribution in [0, 0.1) is 0 Å². The Hall–Kier alpha value is -2.62. The van der Waals surface area contributed by atoms with Crippen LogP contribution >= 0.6 is 0 Å². The molecule has 9 heteroatoms. The highest BCUT2D eigenvalue weighted by atomic mass is 16.6. The second-order valence-electron chi connectivity index (χ2n) is 7.40. The molecule has 4 rings (SSSR count). The zero-order chi connectivity index (χ0) is 20.4. The second kappa shape index (κ2) is 5.94. The fourth-order valence-corrected chi connectivity index (χ4v) is 4.32. The van der Waals surface area contributed by atoms with Crippen LogP contribution in [0.1, 0.15) is 31.1 Å². The van der Waals surface area contributed by atoms with E-state index in [2.05, 4.69) is 0 Å². The highest BCUT2D eigenvalue weighted by molar-refractivity contribution is 5.92. The number of aliphatic hydroxyl groups excluding tert-OH is 1. The average Bonchev–Trinajstić information content (AvgIpc) is 2.93. The van der Waals surface area contributed by atoms with Crippen LogP contribution in [0.25, 0.3) is 10.8 Å². The van der Waals surface area contributed by atoms with Crippen molar-refractivity contribution in [1.29, 1.82) is 0 Å². The van der Waals surface area contributed by atoms with Gasteiger partial charge in [0.1, 0.15) is 23.0 Å². The average molecular weight is 392 g/mol. The Bertz CT molecular complexity index is 1040. The molecule has 1 aromatic heterocycles. The van der Waals surface area contributed by atoms with Gasteiger partial charge in [-0.1, -0.05) is 0 Å². The zero-order valence-electron chi connectivity index (χ0n) is 15.5. The van der Waals surface area contributed by atoms with Gasteiger partial charge in [0, 0.05) is 37.0 Å². The summed E-state index contributed by atoms with van der Waals surface area (Å²) in [5.41, 5.74) is -3.82. The topological polar surface area (TPSA) is 136 Å². The van der Waals surface area contributed by atoms with E-state index >= 15 is 0 Å². The van der Waals surface area contributed by atoms with Gasteiger partial charge in [0.25, 0.3) is 0 Å². The normalized spacial score (nSPS) is 31.8. The zero-order valence-corrected chi connectivity index (χ0v) is 15.5. The molecule has 1 aromatic carbocycles. The van der Waals surface area contributed by atoms with Gasteiger partial charge >= 0.3 is 11.6 Å². The Morgan fingerprint density at radius 2 is 1.93 bits per heavy atom. The minimum absolute atomic E-state index is 0.00268. The van der Waals surface area contributed by atoms with E-state index in [1.807, 2.05) is 0 Å². The third-order valence-electron chi connectivity index (χ3n) is 5.58. The Kier molecular flexibility index (Phi) is 3.97. The van der Waals surface area contributed by atoms with Crippen LogP contribution in [-0.4, -0.2) is 47.7 Å². The van der Waals surface area contributed by atoms with Crippen LogP contribution in [0.4, 0.5) is 0 Å². The SMILES string of the molecule is COc1cc(O)c2c(=O)oc3c(c2c1)[C@@](C)(O)C[C@@H](OC)[C@@]31C[C@@H](O)C(=O)O1. The summed E-state index contributed by atoms with van der Waals surface area (Å²) in [4.78, 5) is 24.7. The largest absolute Gasteiger partial charge is 0.507 e. The van der Waals surface area contributed by atoms with E-state index in [-0.39, 0.29) is 46.4 Å². The number of carbonyl (C=O) groups is 1. The first-order chi connectivity index (χ1) is 13.1. The van der Waals surface area contributed by atoms with Crippen molar-refractivity contribution in [2.45, 2.75) is 43.2 Å². The Balaban J connectivity index is 2.14. The Morgan fingerprint density at radius 3 is 2.50 bits per heavy atom. The summed E-state index contributed by atoms with van der Waals surface area (Å²) in [5, 5.41) is 31.6. The van der Waals surface area contributed by atoms with Crippen LogP contribution in [0.3, 0.4) is 0 Å². The number of benzene rings is 1. The van der Waals surface area contributed by atoms with Crippen molar-refractivity contribution in [1.82, 2.24) is 0 Å². The first-order valence-electron chi connectivity index (χ1n) is 8.69. The van der Waals surface area contributed by atoms with Gasteiger partial charge < -0.3 is 33.9 Å². The van der Waals surface area contributed by atoms with Crippen molar-refractivity contribution in [3.63, 3.8) is 0 Å². The molecular weight excluding hydrogens is 372 g/mol. The number of phenols is 1. The molecule has 2 heterocycles. The van der Waals surface area contributed by atoms with Gasteiger partial charge in [0.15, 0.2) is 17.5 Å². The second-order valence-corrected chi connectivity index (χ2v) is 7.40. The number of methoxy groups -OCH3 is 2. The van der Waals surface area contributed by atoms with Gasteiger partial charge in [-0.3, -0.25) is 0 Å². The van der Waals surface area contributed by atoms with E-state index in [0.717, 1.165) is 0 Å². The third kappa shape index (κ3) is 2.36. The van der Waals surface area contributed by atoms with Crippen molar-refractivity contribution in [3.05, 3.63) is 33.9 Å². The minimum atomic E-state index is -1.57. The highest BCUT2D eigenvalue weighted by Crippen LogP contribution is 2.53. The van der Waals surface area contributed by atoms with Crippen LogP contribution in [0.2, 0.25) is 0 Å². The quantitative estimate of drug-likeness (QED) is 0.629. The highest BCUT2D eigenvalue weighted by Gasteiger charge is 2.62. The molecule has 0 amide bonds. The fourth-order valence-electron chi connectivity index (χ4n) is 4.32. The molecule has 2 aliphatic rings. The molecule has 1 aliphatic heterocycles. The molecule has 28 heavy (non-hydrogen) atoms. The molecule has 3 N–H and O–H groups in total. The third-order valence-corrected chi connectivity index (χ3v) is 5.58. The Labute approximate surface area is 159 Å². The summed E-state index contributed by atoms with van der Waals surface area (Å²) in [6, 6.07) is 2.75. The number of ether oxygens (including phenoxy) is 3. The number of fused-ring (bicyclic) bond motifs is 4. The van der Waals surface area contributed by atoms with Gasteiger partial charge in [0.2, 0.25) is 0 Å². The van der Waals surface area contributed by atoms with Crippen LogP contribution in [-0.2, 0) is 25.5 Å². The van der Waals surface area contributed by atoms with E-state index in [4.69, 9.17) is 18.6 Å². The maximum atomic E-state index is 12.7. The lowest BCUT2D eigenvalue weighted by molar-refractivity contribution is -0.182. The van der Waals surface area contributed by atoms with Crippen molar-refractivity contribution in [2.75, 3.05) is 14.2 Å². The van der Waals surface area contributed by atoms with E-state index in [1.54, 1.807) is 0 Å². The predicted molar refractivity (Wildman–Crippen MR) is 94.1 cm³/mol. The fraction of sp³-hybridized carbons (Fsp3) is 0.474. The van der Waals surface area contributed by atoms with Crippen molar-refractivity contribution >= 4 is 16.7 Å². The lowest BCUT2D eigenvalue weighted by Crippen LogP contribution is -2.51. The smallest absolute Gasteiger partial charge is 0.347 e. The van der Waals surface area contributed by atoms with Gasteiger partial charge in [-0.25, -0.2) is 9.59 Å². The summed E-state index contributed by atoms with van der Waals surface area (Å²) < 4.78 is 21.6. The van der Waals surface area contributed by atoms with Gasteiger partial charge in [-0.2, -0.15) is 0 Å². The molecule has 0 bridgehead atoms. The number of hydrogen-bond donors (Lipinski definition) is 3. The number of carbonyl (C=O) groups excluding carboxylic acids is 1. The molecule has 150 valence electrons. The van der Waals surface area contributed by atoms with Crippen LogP contribution in [0.5, 0.6) is 11.5 Å². The number of hydrogen-bond acceptors (Lipinski definition) is 9. The van der Waals surface area contributed by atoms with Crippen molar-refractivity contribution in [3.8, 4) is 11.5 Å². The van der Waals surface area contributed by atoms with E-state index in [1.165, 1.54) is 33.3 Å². The van der Waals surface area contributed by atoms with Gasteiger partial charge in [-0.15, -0.1) is 0 Å². The monoisotopic (exact) mass is 392 g/mol. The van der Waals surface area contributed by atoms with Crippen LogP contribution < -0.4 is 10.4 Å². The molecule has 9 nitrogen and oxygen atoms in total. The summed E-state index contributed by atoms with van der Waals surface area (Å²) in [6.45, 7) is 1.51. The van der Waals surface area contributed by atoms with Crippen molar-refractivity contribution < 1.29 is 38.7 Å². The first kappa shape index (κ1) is 18.7. The maximum Gasteiger partial charge on any atom is 0.347 e. The number of aromatic hydroxyl groups is 1. The van der Waals surface area contributed by atoms with Gasteiger partial charge in [-0.05, 0) is 13.0 Å². The number of phenolic OH excluding ortho intramolecular Hbond substituents is 1. The lowest BCUT2D eigenvalue weighted by Gasteiger charge is -2.44. The van der Waals surface area contributed by atoms with Gasteiger partial charge in [0.05, 0.1) is 12.7 Å². The number of esters is 1. The first-order valence-corrected chi connectivity index (χ1v) is 8.69. The van der Waals surface area contributed by atoms with E-state index in [9.17, 15) is 24.9 Å². The molecule has 0 unspecified atom stereocenters. The molecule has 1 saturated heterocycles. The number of aliphatic hydroxyl groups is 2. The standard InChI is InChI=1S/C19H20O9/c1-18(24)7-12(26-3)19(6-11(21)16(22)28-19)15-14(18)9-4-8(25-2)5-10(20)13(9)17(23)27-15/h4-5,11-12,20-21,24H,6-7H2,1-3H3/t11-,12-,18+,19+/m1/s1.